The Morgan fingerprint density at radius 3 is 2.44 bits per heavy atom. The Morgan fingerprint density at radius 2 is 1.78 bits per heavy atom. The Labute approximate surface area is 179 Å². The minimum absolute atomic E-state index is 0. The monoisotopic (exact) mass is 377 g/mol. The number of carbonyl (C=O) groups is 2. The number of aromatic nitrogens is 1. The normalized spacial score (nSPS) is 19.3. The molecule has 1 aliphatic rings. The van der Waals surface area contributed by atoms with Crippen molar-refractivity contribution in [1.82, 2.24) is 9.47 Å². The van der Waals surface area contributed by atoms with Crippen LogP contribution in [0.3, 0.4) is 0 Å². The fraction of sp³-hybridized carbons (Fsp3) is 0.316. The molecule has 2 heterocycles. The van der Waals surface area contributed by atoms with Gasteiger partial charge in [-0.25, -0.2) is 0 Å². The number of rotatable bonds is 5. The van der Waals surface area contributed by atoms with Gasteiger partial charge in [0.15, 0.2) is 0 Å². The van der Waals surface area contributed by atoms with Crippen molar-refractivity contribution in [2.45, 2.75) is 31.5 Å². The molecule has 0 bridgehead atoms. The Hall–Kier alpha value is -1.93. The summed E-state index contributed by atoms with van der Waals surface area (Å²) in [7, 11) is 1.60. The number of nitrogens with zero attached hydrogens (tertiary/aromatic N) is 2. The summed E-state index contributed by atoms with van der Waals surface area (Å²) in [5.74, 6) is -1.57. The van der Waals surface area contributed by atoms with Gasteiger partial charge in [-0.1, -0.05) is 30.3 Å². The molecule has 8 heteroatoms. The quantitative estimate of drug-likeness (QED) is 0.565. The van der Waals surface area contributed by atoms with Gasteiger partial charge < -0.3 is 19.8 Å². The molecule has 3 rings (SSSR count). The average Bonchev–Trinajstić information content (AvgIpc) is 3.04. The summed E-state index contributed by atoms with van der Waals surface area (Å²) in [6.45, 7) is 0.324. The van der Waals surface area contributed by atoms with Crippen molar-refractivity contribution in [2.75, 3.05) is 5.32 Å². The summed E-state index contributed by atoms with van der Waals surface area (Å²) in [4.78, 5) is 37.9. The number of hydrogen-bond acceptors (Lipinski definition) is 5. The largest absolute Gasteiger partial charge is 1.00 e. The first-order chi connectivity index (χ1) is 12.5. The van der Waals surface area contributed by atoms with E-state index in [1.54, 1.807) is 24.2 Å². The topological polar surface area (TPSA) is 94.5 Å². The molecule has 0 spiro atoms. The van der Waals surface area contributed by atoms with Crippen LogP contribution in [-0.2, 0) is 23.2 Å². The molecule has 2 unspecified atom stereocenters. The SMILES string of the molecule is Cn1cccc(NC(=O)C2CCC(C(=O)[O-])N2Cc2ccccc2)c1=O.[Na+]. The first-order valence-electron chi connectivity index (χ1n) is 8.44. The van der Waals surface area contributed by atoms with Crippen LogP contribution in [0.25, 0.3) is 0 Å². The third-order valence-electron chi connectivity index (χ3n) is 4.68. The summed E-state index contributed by atoms with van der Waals surface area (Å²) in [5, 5.41) is 14.1. The Bertz CT molecular complexity index is 869. The van der Waals surface area contributed by atoms with Crippen molar-refractivity contribution in [2.24, 2.45) is 7.05 Å². The van der Waals surface area contributed by atoms with Gasteiger partial charge in [0.05, 0.1) is 18.1 Å². The van der Waals surface area contributed by atoms with Crippen LogP contribution in [-0.4, -0.2) is 33.4 Å². The summed E-state index contributed by atoms with van der Waals surface area (Å²) in [6, 6.07) is 11.1. The van der Waals surface area contributed by atoms with E-state index in [9.17, 15) is 19.5 Å². The van der Waals surface area contributed by atoms with E-state index in [4.69, 9.17) is 0 Å². The van der Waals surface area contributed by atoms with Crippen LogP contribution in [0.5, 0.6) is 0 Å². The van der Waals surface area contributed by atoms with Crippen molar-refractivity contribution < 1.29 is 44.3 Å². The van der Waals surface area contributed by atoms with Gasteiger partial charge in [-0.05, 0) is 30.5 Å². The van der Waals surface area contributed by atoms with Crippen LogP contribution in [0.15, 0.2) is 53.5 Å². The summed E-state index contributed by atoms with van der Waals surface area (Å²) >= 11 is 0. The van der Waals surface area contributed by atoms with Gasteiger partial charge in [0, 0.05) is 19.8 Å². The van der Waals surface area contributed by atoms with Crippen LogP contribution < -0.4 is 45.5 Å². The van der Waals surface area contributed by atoms with E-state index in [0.29, 0.717) is 19.4 Å². The smallest absolute Gasteiger partial charge is 0.548 e. The van der Waals surface area contributed by atoms with Crippen molar-refractivity contribution in [1.29, 1.82) is 0 Å². The zero-order valence-electron chi connectivity index (χ0n) is 15.4. The number of likely N-dealkylation sites (tertiary alicyclic amines) is 1. The molecule has 0 radical (unpaired) electrons. The molecule has 2 aromatic rings. The van der Waals surface area contributed by atoms with Crippen LogP contribution >= 0.6 is 0 Å². The summed E-state index contributed by atoms with van der Waals surface area (Å²) in [6.07, 6.45) is 2.33. The summed E-state index contributed by atoms with van der Waals surface area (Å²) < 4.78 is 1.37. The van der Waals surface area contributed by atoms with Crippen LogP contribution in [0, 0.1) is 0 Å². The van der Waals surface area contributed by atoms with Gasteiger partial charge in [-0.15, -0.1) is 0 Å². The Kier molecular flexibility index (Phi) is 7.38. The fourth-order valence-electron chi connectivity index (χ4n) is 3.32. The first kappa shape index (κ1) is 21.4. The molecule has 1 aromatic carbocycles. The van der Waals surface area contributed by atoms with Gasteiger partial charge >= 0.3 is 29.6 Å². The second-order valence-corrected chi connectivity index (χ2v) is 6.41. The Morgan fingerprint density at radius 1 is 1.11 bits per heavy atom. The van der Waals surface area contributed by atoms with Gasteiger partial charge in [0.1, 0.15) is 5.69 Å². The maximum absolute atomic E-state index is 12.7. The number of nitrogens with one attached hydrogen (secondary N) is 1. The van der Waals surface area contributed by atoms with Gasteiger partial charge in [0.2, 0.25) is 5.91 Å². The molecular weight excluding hydrogens is 357 g/mol. The van der Waals surface area contributed by atoms with Gasteiger partial charge in [-0.3, -0.25) is 14.5 Å². The number of amides is 1. The molecule has 1 saturated heterocycles. The van der Waals surface area contributed by atoms with Gasteiger partial charge in [0.25, 0.3) is 5.56 Å². The van der Waals surface area contributed by atoms with Crippen molar-refractivity contribution in [3.8, 4) is 0 Å². The predicted octanol–water partition coefficient (Wildman–Crippen LogP) is -2.89. The molecule has 1 fully saturated rings. The molecule has 7 nitrogen and oxygen atoms in total. The number of carbonyl (C=O) groups excluding carboxylic acids is 2. The number of aliphatic carboxylic acids is 1. The van der Waals surface area contributed by atoms with E-state index in [1.165, 1.54) is 10.6 Å². The maximum Gasteiger partial charge on any atom is 1.00 e. The zero-order valence-corrected chi connectivity index (χ0v) is 17.4. The number of aryl methyl sites for hydroxylation is 1. The molecular formula is C19H20N3NaO4. The number of hydrogen-bond donors (Lipinski definition) is 1. The van der Waals surface area contributed by atoms with Crippen LogP contribution in [0.4, 0.5) is 5.69 Å². The summed E-state index contributed by atoms with van der Waals surface area (Å²) in [5.41, 5.74) is 0.774. The molecule has 1 aliphatic heterocycles. The first-order valence-corrected chi connectivity index (χ1v) is 8.44. The van der Waals surface area contributed by atoms with Crippen molar-refractivity contribution in [3.63, 3.8) is 0 Å². The fourth-order valence-corrected chi connectivity index (χ4v) is 3.32. The number of carboxylic acid groups (broad SMARTS) is 1. The van der Waals surface area contributed by atoms with Crippen LogP contribution in [0.1, 0.15) is 18.4 Å². The Balaban J connectivity index is 0.00000261. The third kappa shape index (κ3) is 4.87. The molecule has 1 aromatic heterocycles. The number of anilines is 1. The van der Waals surface area contributed by atoms with Crippen LogP contribution in [0.2, 0.25) is 0 Å². The number of carboxylic acids is 1. The maximum atomic E-state index is 12.7. The van der Waals surface area contributed by atoms with E-state index in [0.717, 1.165) is 5.56 Å². The van der Waals surface area contributed by atoms with E-state index < -0.39 is 18.1 Å². The number of pyridine rings is 1. The molecule has 27 heavy (non-hydrogen) atoms. The van der Waals surface area contributed by atoms with Crippen molar-refractivity contribution in [3.05, 3.63) is 64.6 Å². The van der Waals surface area contributed by atoms with Gasteiger partial charge in [-0.2, -0.15) is 0 Å². The molecule has 0 saturated carbocycles. The minimum atomic E-state index is -1.19. The van der Waals surface area contributed by atoms with E-state index in [-0.39, 0.29) is 46.7 Å². The molecule has 1 amide bonds. The van der Waals surface area contributed by atoms with E-state index >= 15 is 0 Å². The molecule has 1 N–H and O–H groups in total. The molecule has 136 valence electrons. The van der Waals surface area contributed by atoms with Crippen molar-refractivity contribution >= 4 is 17.6 Å². The van der Waals surface area contributed by atoms with E-state index in [2.05, 4.69) is 5.32 Å². The van der Waals surface area contributed by atoms with E-state index in [1.807, 2.05) is 30.3 Å². The predicted molar refractivity (Wildman–Crippen MR) is 94.1 cm³/mol. The zero-order chi connectivity index (χ0) is 18.7. The second kappa shape index (κ2) is 9.32. The third-order valence-corrected chi connectivity index (χ3v) is 4.68. The number of benzene rings is 1. The minimum Gasteiger partial charge on any atom is -0.548 e. The molecule has 0 aliphatic carbocycles. The second-order valence-electron chi connectivity index (χ2n) is 6.41. The average molecular weight is 377 g/mol. The standard InChI is InChI=1S/C19H21N3O4.Na/c1-21-11-5-8-14(18(21)24)20-17(23)15-9-10-16(19(25)26)22(15)12-13-6-3-2-4-7-13;/h2-8,11,15-16H,9-10,12H2,1H3,(H,20,23)(H,25,26);/q;+1/p-1. The molecule has 2 atom stereocenters.